The SMILES string of the molecule is N#Cc1ccc(/C=C/CO[C@@H]2O[C@H](CO)[C@@H](O)[C@H](O)[C@H]2O)cc1. The largest absolute Gasteiger partial charge is 0.394 e. The average molecular weight is 321 g/mol. The molecule has 1 aromatic rings. The molecule has 1 aliphatic rings. The molecule has 1 heterocycles. The van der Waals surface area contributed by atoms with Crippen LogP contribution in [0.1, 0.15) is 11.1 Å². The lowest BCUT2D eigenvalue weighted by Gasteiger charge is -2.39. The Bertz CT molecular complexity index is 565. The molecule has 0 amide bonds. The number of nitrogens with zero attached hydrogens (tertiary/aromatic N) is 1. The minimum Gasteiger partial charge on any atom is -0.394 e. The van der Waals surface area contributed by atoms with E-state index in [2.05, 4.69) is 0 Å². The monoisotopic (exact) mass is 321 g/mol. The smallest absolute Gasteiger partial charge is 0.187 e. The molecular weight excluding hydrogens is 302 g/mol. The van der Waals surface area contributed by atoms with Crippen LogP contribution in [0, 0.1) is 11.3 Å². The van der Waals surface area contributed by atoms with Crippen molar-refractivity contribution in [3.63, 3.8) is 0 Å². The van der Waals surface area contributed by atoms with E-state index >= 15 is 0 Å². The van der Waals surface area contributed by atoms with Gasteiger partial charge in [0.15, 0.2) is 6.29 Å². The molecule has 0 saturated carbocycles. The van der Waals surface area contributed by atoms with Crippen molar-refractivity contribution in [2.75, 3.05) is 13.2 Å². The highest BCUT2D eigenvalue weighted by Crippen LogP contribution is 2.21. The number of aliphatic hydroxyl groups is 4. The summed E-state index contributed by atoms with van der Waals surface area (Å²) in [5.41, 5.74) is 1.45. The fourth-order valence-electron chi connectivity index (χ4n) is 2.21. The number of rotatable bonds is 5. The highest BCUT2D eigenvalue weighted by molar-refractivity contribution is 5.50. The van der Waals surface area contributed by atoms with Gasteiger partial charge in [0.25, 0.3) is 0 Å². The number of aliphatic hydroxyl groups excluding tert-OH is 4. The van der Waals surface area contributed by atoms with E-state index in [-0.39, 0.29) is 6.61 Å². The molecule has 7 nitrogen and oxygen atoms in total. The van der Waals surface area contributed by atoms with E-state index in [1.807, 2.05) is 6.07 Å². The molecule has 0 bridgehead atoms. The van der Waals surface area contributed by atoms with Crippen molar-refractivity contribution in [2.24, 2.45) is 0 Å². The first kappa shape index (κ1) is 17.6. The fourth-order valence-corrected chi connectivity index (χ4v) is 2.21. The molecule has 5 atom stereocenters. The van der Waals surface area contributed by atoms with E-state index in [9.17, 15) is 15.3 Å². The summed E-state index contributed by atoms with van der Waals surface area (Å²) in [5.74, 6) is 0. The van der Waals surface area contributed by atoms with Gasteiger partial charge in [-0.1, -0.05) is 24.3 Å². The van der Waals surface area contributed by atoms with Gasteiger partial charge in [-0.25, -0.2) is 0 Å². The Morgan fingerprint density at radius 2 is 1.83 bits per heavy atom. The van der Waals surface area contributed by atoms with Gasteiger partial charge in [-0.2, -0.15) is 5.26 Å². The minimum absolute atomic E-state index is 0.0999. The lowest BCUT2D eigenvalue weighted by Crippen LogP contribution is -2.59. The second-order valence-corrected chi connectivity index (χ2v) is 5.17. The zero-order valence-corrected chi connectivity index (χ0v) is 12.3. The fraction of sp³-hybridized carbons (Fsp3) is 0.438. The average Bonchev–Trinajstić information content (AvgIpc) is 2.59. The van der Waals surface area contributed by atoms with E-state index < -0.39 is 37.3 Å². The van der Waals surface area contributed by atoms with Gasteiger partial charge in [0.2, 0.25) is 0 Å². The molecule has 0 aromatic heterocycles. The zero-order chi connectivity index (χ0) is 16.8. The minimum atomic E-state index is -1.45. The highest BCUT2D eigenvalue weighted by atomic mass is 16.7. The third kappa shape index (κ3) is 4.36. The Labute approximate surface area is 133 Å². The van der Waals surface area contributed by atoms with Gasteiger partial charge in [-0.05, 0) is 17.7 Å². The van der Waals surface area contributed by atoms with Crippen molar-refractivity contribution in [3.8, 4) is 6.07 Å². The van der Waals surface area contributed by atoms with Gasteiger partial charge in [-0.3, -0.25) is 0 Å². The standard InChI is InChI=1S/C16H19NO6/c17-8-11-5-3-10(4-6-11)2-1-7-22-16-15(21)14(20)13(19)12(9-18)23-16/h1-6,12-16,18-21H,7,9H2/b2-1+/t12-,13-,14+,15-,16-/m1/s1. The second kappa shape index (κ2) is 8.17. The maximum absolute atomic E-state index is 9.80. The molecule has 0 aliphatic carbocycles. The van der Waals surface area contributed by atoms with Gasteiger partial charge in [-0.15, -0.1) is 0 Å². The van der Waals surface area contributed by atoms with Crippen LogP contribution in [0.3, 0.4) is 0 Å². The van der Waals surface area contributed by atoms with Gasteiger partial charge < -0.3 is 29.9 Å². The molecule has 7 heteroatoms. The number of hydrogen-bond acceptors (Lipinski definition) is 7. The summed E-state index contributed by atoms with van der Waals surface area (Å²) in [4.78, 5) is 0. The third-order valence-electron chi connectivity index (χ3n) is 3.56. The summed E-state index contributed by atoms with van der Waals surface area (Å²) in [7, 11) is 0. The quantitative estimate of drug-likeness (QED) is 0.570. The number of ether oxygens (including phenoxy) is 2. The summed E-state index contributed by atoms with van der Waals surface area (Å²) in [6.07, 6.45) is -2.93. The van der Waals surface area contributed by atoms with E-state index in [1.165, 1.54) is 0 Å². The van der Waals surface area contributed by atoms with Gasteiger partial charge in [0.1, 0.15) is 24.4 Å². The predicted molar refractivity (Wildman–Crippen MR) is 79.9 cm³/mol. The summed E-state index contributed by atoms with van der Waals surface area (Å²) >= 11 is 0. The summed E-state index contributed by atoms with van der Waals surface area (Å²) in [6.45, 7) is -0.394. The van der Waals surface area contributed by atoms with Crippen LogP contribution in [0.25, 0.3) is 6.08 Å². The summed E-state index contributed by atoms with van der Waals surface area (Å²) < 4.78 is 10.5. The van der Waals surface area contributed by atoms with Crippen molar-refractivity contribution < 1.29 is 29.9 Å². The van der Waals surface area contributed by atoms with Crippen LogP contribution in [-0.4, -0.2) is 64.3 Å². The lowest BCUT2D eigenvalue weighted by atomic mass is 9.99. The first-order chi connectivity index (χ1) is 11.1. The van der Waals surface area contributed by atoms with Crippen molar-refractivity contribution in [1.29, 1.82) is 5.26 Å². The molecule has 0 radical (unpaired) electrons. The van der Waals surface area contributed by atoms with Crippen molar-refractivity contribution >= 4 is 6.08 Å². The van der Waals surface area contributed by atoms with Crippen LogP contribution in [0.15, 0.2) is 30.3 Å². The van der Waals surface area contributed by atoms with E-state index in [0.29, 0.717) is 5.56 Å². The van der Waals surface area contributed by atoms with E-state index in [4.69, 9.17) is 19.8 Å². The van der Waals surface area contributed by atoms with Crippen LogP contribution in [-0.2, 0) is 9.47 Å². The zero-order valence-electron chi connectivity index (χ0n) is 12.3. The summed E-state index contributed by atoms with van der Waals surface area (Å²) in [6, 6.07) is 8.98. The second-order valence-electron chi connectivity index (χ2n) is 5.17. The normalized spacial score (nSPS) is 31.2. The van der Waals surface area contributed by atoms with Crippen molar-refractivity contribution in [2.45, 2.75) is 30.7 Å². The lowest BCUT2D eigenvalue weighted by molar-refractivity contribution is -0.298. The van der Waals surface area contributed by atoms with E-state index in [1.54, 1.807) is 36.4 Å². The molecule has 1 aliphatic heterocycles. The van der Waals surface area contributed by atoms with Gasteiger partial charge in [0, 0.05) is 0 Å². The first-order valence-corrected chi connectivity index (χ1v) is 7.15. The molecule has 0 unspecified atom stereocenters. The summed E-state index contributed by atoms with van der Waals surface area (Å²) in [5, 5.41) is 46.9. The molecule has 124 valence electrons. The Hall–Kier alpha value is -1.79. The van der Waals surface area contributed by atoms with Crippen LogP contribution in [0.2, 0.25) is 0 Å². The Balaban J connectivity index is 1.87. The van der Waals surface area contributed by atoms with Crippen LogP contribution < -0.4 is 0 Å². The number of hydrogen-bond donors (Lipinski definition) is 4. The maximum atomic E-state index is 9.80. The van der Waals surface area contributed by atoms with Crippen LogP contribution >= 0.6 is 0 Å². The molecule has 1 aromatic carbocycles. The maximum Gasteiger partial charge on any atom is 0.187 e. The van der Waals surface area contributed by atoms with Gasteiger partial charge in [0.05, 0.1) is 24.8 Å². The molecule has 23 heavy (non-hydrogen) atoms. The Morgan fingerprint density at radius 1 is 1.13 bits per heavy atom. The molecular formula is C16H19NO6. The Kier molecular flexibility index (Phi) is 6.24. The van der Waals surface area contributed by atoms with Crippen LogP contribution in [0.5, 0.6) is 0 Å². The molecule has 1 saturated heterocycles. The Morgan fingerprint density at radius 3 is 2.43 bits per heavy atom. The molecule has 2 rings (SSSR count). The molecule has 4 N–H and O–H groups in total. The molecule has 1 fully saturated rings. The highest BCUT2D eigenvalue weighted by Gasteiger charge is 2.43. The first-order valence-electron chi connectivity index (χ1n) is 7.15. The van der Waals surface area contributed by atoms with Crippen molar-refractivity contribution in [1.82, 2.24) is 0 Å². The number of benzene rings is 1. The van der Waals surface area contributed by atoms with E-state index in [0.717, 1.165) is 5.56 Å². The third-order valence-corrected chi connectivity index (χ3v) is 3.56. The number of nitriles is 1. The molecule has 0 spiro atoms. The predicted octanol–water partition coefficient (Wildman–Crippen LogP) is -0.612. The van der Waals surface area contributed by atoms with Crippen molar-refractivity contribution in [3.05, 3.63) is 41.5 Å². The topological polar surface area (TPSA) is 123 Å². The van der Waals surface area contributed by atoms with Gasteiger partial charge >= 0.3 is 0 Å². The van der Waals surface area contributed by atoms with Crippen LogP contribution in [0.4, 0.5) is 0 Å².